The van der Waals surface area contributed by atoms with Crippen molar-refractivity contribution in [1.29, 1.82) is 0 Å². The highest BCUT2D eigenvalue weighted by Gasteiger charge is 2.23. The maximum absolute atomic E-state index is 6.85. The Morgan fingerprint density at radius 1 is 0.673 bits per heavy atom. The maximum atomic E-state index is 6.85. The highest BCUT2D eigenvalue weighted by Crippen LogP contribution is 2.39. The zero-order valence-electron chi connectivity index (χ0n) is 32.2. The summed E-state index contributed by atoms with van der Waals surface area (Å²) in [6.45, 7) is 17.9. The van der Waals surface area contributed by atoms with Crippen molar-refractivity contribution in [3.05, 3.63) is 131 Å². The predicted octanol–water partition coefficient (Wildman–Crippen LogP) is 12.7. The van der Waals surface area contributed by atoms with Crippen molar-refractivity contribution >= 4 is 21.8 Å². The van der Waals surface area contributed by atoms with Gasteiger partial charge in [-0.2, -0.15) is 5.10 Å². The third-order valence-corrected chi connectivity index (χ3v) is 10.4. The Kier molecular flexibility index (Phi) is 9.80. The number of pyridine rings is 1. The number of unbranched alkanes of at least 4 members (excludes halogenated alkanes) is 2. The maximum Gasteiger partial charge on any atom is 0.137 e. The van der Waals surface area contributed by atoms with Gasteiger partial charge in [-0.1, -0.05) is 83.9 Å². The summed E-state index contributed by atoms with van der Waals surface area (Å²) in [5.74, 6) is 2.52. The highest BCUT2D eigenvalue weighted by atomic mass is 16.5. The van der Waals surface area contributed by atoms with Crippen molar-refractivity contribution in [2.24, 2.45) is 0 Å². The summed E-state index contributed by atoms with van der Waals surface area (Å²) in [5.41, 5.74) is 13.1. The minimum absolute atomic E-state index is 0.0970. The van der Waals surface area contributed by atoms with Crippen molar-refractivity contribution in [3.63, 3.8) is 0 Å². The Morgan fingerprint density at radius 3 is 2.15 bits per heavy atom. The van der Waals surface area contributed by atoms with Gasteiger partial charge in [-0.25, -0.2) is 9.67 Å². The Morgan fingerprint density at radius 2 is 1.40 bits per heavy atom. The molecule has 5 heteroatoms. The van der Waals surface area contributed by atoms with Crippen LogP contribution in [0.1, 0.15) is 93.9 Å². The van der Waals surface area contributed by atoms with Crippen molar-refractivity contribution in [3.8, 4) is 34.1 Å². The molecule has 4 aromatic carbocycles. The molecule has 3 heterocycles. The molecule has 0 saturated heterocycles. The van der Waals surface area contributed by atoms with Crippen molar-refractivity contribution in [2.75, 3.05) is 0 Å². The second-order valence-electron chi connectivity index (χ2n) is 15.4. The number of para-hydroxylation sites is 1. The third-order valence-electron chi connectivity index (χ3n) is 10.4. The highest BCUT2D eigenvalue weighted by molar-refractivity contribution is 6.09. The lowest BCUT2D eigenvalue weighted by Crippen LogP contribution is -2.13. The number of benzene rings is 4. The molecule has 0 aliphatic rings. The van der Waals surface area contributed by atoms with E-state index in [4.69, 9.17) is 14.8 Å². The summed E-state index contributed by atoms with van der Waals surface area (Å²) in [6.07, 6.45) is 8.48. The molecule has 0 amide bonds. The SMILES string of the molecule is CCCCc1ccnc(-n2c3ccccc3c3ccc(Oc4cc(-n5nc(C)c(-c6c(C)cccc6C)c5CCCC)cc(C(C)(C)C)c4)cc32)c1. The number of rotatable bonds is 11. The normalized spacial score (nSPS) is 11.9. The minimum Gasteiger partial charge on any atom is -0.457 e. The van der Waals surface area contributed by atoms with Crippen LogP contribution >= 0.6 is 0 Å². The van der Waals surface area contributed by atoms with Gasteiger partial charge in [0.05, 0.1) is 28.1 Å². The molecule has 5 nitrogen and oxygen atoms in total. The topological polar surface area (TPSA) is 44.9 Å². The smallest absolute Gasteiger partial charge is 0.137 e. The van der Waals surface area contributed by atoms with Crippen LogP contribution in [0, 0.1) is 20.8 Å². The monoisotopic (exact) mass is 688 g/mol. The first kappa shape index (κ1) is 35.3. The molecule has 0 aliphatic carbocycles. The van der Waals surface area contributed by atoms with E-state index >= 15 is 0 Å². The minimum atomic E-state index is -0.0970. The summed E-state index contributed by atoms with van der Waals surface area (Å²) in [5, 5.41) is 7.63. The van der Waals surface area contributed by atoms with Crippen LogP contribution in [-0.4, -0.2) is 19.3 Å². The van der Waals surface area contributed by atoms with Crippen LogP contribution in [0.15, 0.2) is 97.2 Å². The van der Waals surface area contributed by atoms with Crippen LogP contribution in [0.3, 0.4) is 0 Å². The third kappa shape index (κ3) is 6.77. The lowest BCUT2D eigenvalue weighted by Gasteiger charge is -2.22. The van der Waals surface area contributed by atoms with Crippen molar-refractivity contribution < 1.29 is 4.74 Å². The predicted molar refractivity (Wildman–Crippen MR) is 218 cm³/mol. The van der Waals surface area contributed by atoms with E-state index in [-0.39, 0.29) is 5.41 Å². The van der Waals surface area contributed by atoms with Gasteiger partial charge in [0.15, 0.2) is 0 Å². The van der Waals surface area contributed by atoms with Crippen LogP contribution < -0.4 is 4.74 Å². The number of aromatic nitrogens is 4. The van der Waals surface area contributed by atoms with Gasteiger partial charge in [0.1, 0.15) is 17.3 Å². The van der Waals surface area contributed by atoms with Crippen LogP contribution in [-0.2, 0) is 18.3 Å². The van der Waals surface area contributed by atoms with Gasteiger partial charge in [-0.15, -0.1) is 0 Å². The average Bonchev–Trinajstić information content (AvgIpc) is 3.63. The van der Waals surface area contributed by atoms with Crippen LogP contribution in [0.4, 0.5) is 0 Å². The molecule has 0 bridgehead atoms. The largest absolute Gasteiger partial charge is 0.457 e. The fourth-order valence-electron chi connectivity index (χ4n) is 7.61. The van der Waals surface area contributed by atoms with Crippen molar-refractivity contribution in [2.45, 2.75) is 99.3 Å². The van der Waals surface area contributed by atoms with E-state index in [0.29, 0.717) is 0 Å². The molecule has 0 aliphatic heterocycles. The molecule has 3 aromatic heterocycles. The van der Waals surface area contributed by atoms with E-state index < -0.39 is 0 Å². The molecule has 0 spiro atoms. The van der Waals surface area contributed by atoms with Crippen LogP contribution in [0.2, 0.25) is 0 Å². The lowest BCUT2D eigenvalue weighted by atomic mass is 9.86. The Bertz CT molecular complexity index is 2370. The van der Waals surface area contributed by atoms with Crippen molar-refractivity contribution in [1.82, 2.24) is 19.3 Å². The standard InChI is InChI=1S/C47H52N4O/c1-9-11-18-34-24-25-48-44(26-34)50-41-21-14-13-19-39(41)40-23-22-37(30-43(40)50)52-38-28-35(47(6,7)8)27-36(29-38)51-42(20-12-10-2)46(33(5)49-51)45-31(3)16-15-17-32(45)4/h13-17,19,21-30H,9-12,18,20H2,1-8H3. The van der Waals surface area contributed by atoms with E-state index in [2.05, 4.69) is 156 Å². The van der Waals surface area contributed by atoms with E-state index in [1.165, 1.54) is 56.3 Å². The molecular weight excluding hydrogens is 637 g/mol. The molecule has 7 rings (SSSR count). The zero-order chi connectivity index (χ0) is 36.6. The summed E-state index contributed by atoms with van der Waals surface area (Å²) in [7, 11) is 0. The molecule has 0 atom stereocenters. The molecule has 0 radical (unpaired) electrons. The Labute approximate surface area is 309 Å². The summed E-state index contributed by atoms with van der Waals surface area (Å²) < 4.78 is 11.3. The summed E-state index contributed by atoms with van der Waals surface area (Å²) in [6, 6.07) is 32.6. The van der Waals surface area contributed by atoms with E-state index in [9.17, 15) is 0 Å². The lowest BCUT2D eigenvalue weighted by molar-refractivity contribution is 0.478. The summed E-state index contributed by atoms with van der Waals surface area (Å²) >= 11 is 0. The van der Waals surface area contributed by atoms with Gasteiger partial charge in [-0.05, 0) is 122 Å². The average molecular weight is 689 g/mol. The molecular formula is C47H52N4O. The number of fused-ring (bicyclic) bond motifs is 3. The van der Waals surface area contributed by atoms with E-state index in [1.807, 2.05) is 6.20 Å². The molecule has 52 heavy (non-hydrogen) atoms. The molecule has 0 N–H and O–H groups in total. The molecule has 7 aromatic rings. The van der Waals surface area contributed by atoms with Gasteiger partial charge >= 0.3 is 0 Å². The van der Waals surface area contributed by atoms with Crippen LogP contribution in [0.5, 0.6) is 11.5 Å². The van der Waals surface area contributed by atoms with E-state index in [0.717, 1.165) is 71.8 Å². The van der Waals surface area contributed by atoms with E-state index in [1.54, 1.807) is 0 Å². The van der Waals surface area contributed by atoms with Crippen LogP contribution in [0.25, 0.3) is 44.4 Å². The number of nitrogens with zero attached hydrogens (tertiary/aromatic N) is 4. The first-order valence-corrected chi connectivity index (χ1v) is 19.0. The second kappa shape index (κ2) is 14.5. The van der Waals surface area contributed by atoms with Gasteiger partial charge < -0.3 is 4.74 Å². The Balaban J connectivity index is 1.36. The molecule has 0 unspecified atom stereocenters. The summed E-state index contributed by atoms with van der Waals surface area (Å²) in [4.78, 5) is 4.87. The number of aryl methyl sites for hydroxylation is 4. The fourth-order valence-corrected chi connectivity index (χ4v) is 7.61. The molecule has 0 fully saturated rings. The fraction of sp³-hybridized carbons (Fsp3) is 0.319. The number of ether oxygens (including phenoxy) is 1. The number of hydrogen-bond acceptors (Lipinski definition) is 3. The second-order valence-corrected chi connectivity index (χ2v) is 15.4. The van der Waals surface area contributed by atoms with Gasteiger partial charge in [0.2, 0.25) is 0 Å². The quantitative estimate of drug-likeness (QED) is 0.136. The first-order valence-electron chi connectivity index (χ1n) is 19.0. The molecule has 266 valence electrons. The Hall–Kier alpha value is -5.16. The van der Waals surface area contributed by atoms with Gasteiger partial charge in [0.25, 0.3) is 0 Å². The molecule has 0 saturated carbocycles. The number of hydrogen-bond donors (Lipinski definition) is 0. The van der Waals surface area contributed by atoms with Gasteiger partial charge in [0, 0.05) is 34.7 Å². The van der Waals surface area contributed by atoms with Gasteiger partial charge in [-0.3, -0.25) is 4.57 Å². The zero-order valence-corrected chi connectivity index (χ0v) is 32.2. The first-order chi connectivity index (χ1) is 25.1.